The number of unbranched alkanes of at least 4 members (excludes halogenated alkanes) is 1. The van der Waals surface area contributed by atoms with Crippen molar-refractivity contribution in [3.8, 4) is 0 Å². The molecule has 1 unspecified atom stereocenters. The third kappa shape index (κ3) is 7.98. The van der Waals surface area contributed by atoms with Crippen molar-refractivity contribution in [2.75, 3.05) is 6.54 Å². The number of hydrogen-bond donors (Lipinski definition) is 2. The highest BCUT2D eigenvalue weighted by Gasteiger charge is 2.31. The SMILES string of the molecule is C[C@@H](CCCCc1ccccc1)[C@H](O)CCC1CCC(=O)N1CCCc1cccc(C(=O)O)c1. The van der Waals surface area contributed by atoms with E-state index in [-0.39, 0.29) is 24.0 Å². The van der Waals surface area contributed by atoms with Crippen molar-refractivity contribution in [2.24, 2.45) is 5.92 Å². The topological polar surface area (TPSA) is 77.8 Å². The van der Waals surface area contributed by atoms with Crippen LogP contribution in [0, 0.1) is 5.92 Å². The molecular weight excluding hydrogens is 426 g/mol. The summed E-state index contributed by atoms with van der Waals surface area (Å²) in [4.78, 5) is 25.6. The zero-order chi connectivity index (χ0) is 24.3. The molecule has 1 amide bonds. The van der Waals surface area contributed by atoms with Gasteiger partial charge >= 0.3 is 5.97 Å². The van der Waals surface area contributed by atoms with Gasteiger partial charge in [-0.05, 0) is 80.5 Å². The zero-order valence-electron chi connectivity index (χ0n) is 20.4. The Balaban J connectivity index is 1.36. The number of likely N-dealkylation sites (tertiary alicyclic amines) is 1. The van der Waals surface area contributed by atoms with Crippen LogP contribution < -0.4 is 0 Å². The van der Waals surface area contributed by atoms with Gasteiger partial charge < -0.3 is 15.1 Å². The summed E-state index contributed by atoms with van der Waals surface area (Å²) in [5.41, 5.74) is 2.66. The van der Waals surface area contributed by atoms with Crippen molar-refractivity contribution in [1.82, 2.24) is 4.90 Å². The van der Waals surface area contributed by atoms with Crippen LogP contribution in [0.4, 0.5) is 0 Å². The predicted molar refractivity (Wildman–Crippen MR) is 135 cm³/mol. The van der Waals surface area contributed by atoms with Crippen molar-refractivity contribution in [2.45, 2.75) is 83.3 Å². The molecule has 0 spiro atoms. The van der Waals surface area contributed by atoms with Gasteiger partial charge in [-0.15, -0.1) is 0 Å². The second-order valence-corrected chi connectivity index (χ2v) is 9.74. The fourth-order valence-corrected chi connectivity index (χ4v) is 4.99. The van der Waals surface area contributed by atoms with Gasteiger partial charge in [0.05, 0.1) is 11.7 Å². The highest BCUT2D eigenvalue weighted by molar-refractivity contribution is 5.87. The molecule has 1 aliphatic rings. The van der Waals surface area contributed by atoms with Crippen molar-refractivity contribution < 1.29 is 19.8 Å². The van der Waals surface area contributed by atoms with Crippen LogP contribution in [0.15, 0.2) is 54.6 Å². The molecule has 2 aromatic rings. The van der Waals surface area contributed by atoms with Gasteiger partial charge in [-0.1, -0.05) is 55.8 Å². The summed E-state index contributed by atoms with van der Waals surface area (Å²) in [6, 6.07) is 17.8. The summed E-state index contributed by atoms with van der Waals surface area (Å²) in [5.74, 6) is -0.448. The highest BCUT2D eigenvalue weighted by atomic mass is 16.4. The number of carboxylic acid groups (broad SMARTS) is 1. The predicted octanol–water partition coefficient (Wildman–Crippen LogP) is 5.50. The Morgan fingerprint density at radius 1 is 1.00 bits per heavy atom. The number of aliphatic hydroxyl groups excluding tert-OH is 1. The lowest BCUT2D eigenvalue weighted by atomic mass is 9.92. The number of carbonyl (C=O) groups is 2. The summed E-state index contributed by atoms with van der Waals surface area (Å²) < 4.78 is 0. The first-order valence-corrected chi connectivity index (χ1v) is 12.8. The summed E-state index contributed by atoms with van der Waals surface area (Å²) in [6.07, 6.45) is 8.63. The van der Waals surface area contributed by atoms with Crippen LogP contribution in [0.5, 0.6) is 0 Å². The zero-order valence-corrected chi connectivity index (χ0v) is 20.4. The van der Waals surface area contributed by atoms with Crippen molar-refractivity contribution in [3.05, 3.63) is 71.3 Å². The minimum atomic E-state index is -0.916. The molecule has 34 heavy (non-hydrogen) atoms. The van der Waals surface area contributed by atoms with E-state index in [0.717, 1.165) is 63.4 Å². The van der Waals surface area contributed by atoms with Gasteiger partial charge in [0.25, 0.3) is 0 Å². The summed E-state index contributed by atoms with van der Waals surface area (Å²) in [6.45, 7) is 2.82. The average Bonchev–Trinajstić information content (AvgIpc) is 3.20. The normalized spacial score (nSPS) is 17.6. The molecule has 1 heterocycles. The van der Waals surface area contributed by atoms with Crippen LogP contribution in [-0.4, -0.2) is 45.7 Å². The lowest BCUT2D eigenvalue weighted by Crippen LogP contribution is -2.35. The number of benzene rings is 2. The summed E-state index contributed by atoms with van der Waals surface area (Å²) >= 11 is 0. The Morgan fingerprint density at radius 3 is 2.50 bits per heavy atom. The number of aryl methyl sites for hydroxylation is 2. The van der Waals surface area contributed by atoms with E-state index in [2.05, 4.69) is 31.2 Å². The Kier molecular flexibility index (Phi) is 10.1. The first-order chi connectivity index (χ1) is 16.4. The van der Waals surface area contributed by atoms with E-state index in [4.69, 9.17) is 5.11 Å². The third-order valence-corrected chi connectivity index (χ3v) is 7.16. The smallest absolute Gasteiger partial charge is 0.335 e. The monoisotopic (exact) mass is 465 g/mol. The Morgan fingerprint density at radius 2 is 1.74 bits per heavy atom. The molecule has 1 fully saturated rings. The molecule has 3 rings (SSSR count). The molecule has 2 N–H and O–H groups in total. The third-order valence-electron chi connectivity index (χ3n) is 7.16. The molecular formula is C29H39NO4. The molecule has 3 atom stereocenters. The number of nitrogens with zero attached hydrogens (tertiary/aromatic N) is 1. The van der Waals surface area contributed by atoms with Gasteiger partial charge in [0.15, 0.2) is 0 Å². The largest absolute Gasteiger partial charge is 0.478 e. The molecule has 1 saturated heterocycles. The maximum Gasteiger partial charge on any atom is 0.335 e. The number of hydrogen-bond acceptors (Lipinski definition) is 3. The van der Waals surface area contributed by atoms with Gasteiger partial charge in [0, 0.05) is 19.0 Å². The van der Waals surface area contributed by atoms with E-state index in [1.54, 1.807) is 18.2 Å². The maximum atomic E-state index is 12.4. The fourth-order valence-electron chi connectivity index (χ4n) is 4.99. The van der Waals surface area contributed by atoms with Crippen LogP contribution in [0.3, 0.4) is 0 Å². The molecule has 5 heteroatoms. The lowest BCUT2D eigenvalue weighted by Gasteiger charge is -2.27. The second kappa shape index (κ2) is 13.3. The lowest BCUT2D eigenvalue weighted by molar-refractivity contribution is -0.129. The van der Waals surface area contributed by atoms with E-state index in [1.807, 2.05) is 17.0 Å². The van der Waals surface area contributed by atoms with Crippen LogP contribution >= 0.6 is 0 Å². The Labute approximate surface area is 203 Å². The van der Waals surface area contributed by atoms with Gasteiger partial charge in [-0.3, -0.25) is 4.79 Å². The first-order valence-electron chi connectivity index (χ1n) is 12.8. The molecule has 0 saturated carbocycles. The number of aromatic carboxylic acids is 1. The van der Waals surface area contributed by atoms with E-state index in [0.29, 0.717) is 18.5 Å². The van der Waals surface area contributed by atoms with Gasteiger partial charge in [0.2, 0.25) is 5.91 Å². The van der Waals surface area contributed by atoms with Crippen molar-refractivity contribution in [3.63, 3.8) is 0 Å². The second-order valence-electron chi connectivity index (χ2n) is 9.74. The molecule has 2 aromatic carbocycles. The molecule has 0 radical (unpaired) electrons. The molecule has 1 aliphatic heterocycles. The molecule has 0 aliphatic carbocycles. The fraction of sp³-hybridized carbons (Fsp3) is 0.517. The van der Waals surface area contributed by atoms with E-state index in [1.165, 1.54) is 5.56 Å². The summed E-state index contributed by atoms with van der Waals surface area (Å²) in [7, 11) is 0. The minimum absolute atomic E-state index is 0.202. The van der Waals surface area contributed by atoms with Crippen LogP contribution in [0.1, 0.15) is 79.8 Å². The van der Waals surface area contributed by atoms with E-state index in [9.17, 15) is 14.7 Å². The number of amides is 1. The van der Waals surface area contributed by atoms with Crippen LogP contribution in [0.25, 0.3) is 0 Å². The van der Waals surface area contributed by atoms with Crippen LogP contribution in [-0.2, 0) is 17.6 Å². The molecule has 5 nitrogen and oxygen atoms in total. The minimum Gasteiger partial charge on any atom is -0.478 e. The van der Waals surface area contributed by atoms with Gasteiger partial charge in [0.1, 0.15) is 0 Å². The molecule has 0 aromatic heterocycles. The Hall–Kier alpha value is -2.66. The quantitative estimate of drug-likeness (QED) is 0.361. The van der Waals surface area contributed by atoms with Crippen molar-refractivity contribution >= 4 is 11.9 Å². The summed E-state index contributed by atoms with van der Waals surface area (Å²) in [5, 5.41) is 19.8. The number of carbonyl (C=O) groups excluding carboxylic acids is 1. The molecule has 0 bridgehead atoms. The standard InChI is InChI=1S/C29H39NO4/c1-22(9-5-6-12-23-10-3-2-4-11-23)27(31)18-16-26-17-19-28(32)30(26)20-8-14-24-13-7-15-25(21-24)29(33)34/h2-4,7,10-11,13,15,21-22,26-27,31H,5-6,8-9,12,14,16-20H2,1H3,(H,33,34)/t22-,26?,27+/m0/s1. The van der Waals surface area contributed by atoms with Crippen LogP contribution in [0.2, 0.25) is 0 Å². The molecule has 184 valence electrons. The number of rotatable bonds is 14. The maximum absolute atomic E-state index is 12.4. The number of aliphatic hydroxyl groups is 1. The van der Waals surface area contributed by atoms with Gasteiger partial charge in [-0.25, -0.2) is 4.79 Å². The van der Waals surface area contributed by atoms with Crippen molar-refractivity contribution in [1.29, 1.82) is 0 Å². The number of carboxylic acids is 1. The average molecular weight is 466 g/mol. The first kappa shape index (κ1) is 26.0. The van der Waals surface area contributed by atoms with E-state index >= 15 is 0 Å². The van der Waals surface area contributed by atoms with Gasteiger partial charge in [-0.2, -0.15) is 0 Å². The highest BCUT2D eigenvalue weighted by Crippen LogP contribution is 2.26. The Bertz CT molecular complexity index is 913. The van der Waals surface area contributed by atoms with E-state index < -0.39 is 5.97 Å².